The van der Waals surface area contributed by atoms with Crippen molar-refractivity contribution in [1.82, 2.24) is 4.98 Å². The summed E-state index contributed by atoms with van der Waals surface area (Å²) in [5, 5.41) is 9.14. The molecule has 17 heavy (non-hydrogen) atoms. The average molecular weight is 226 g/mol. The van der Waals surface area contributed by atoms with Crippen LogP contribution in [0.3, 0.4) is 0 Å². The molecule has 1 N–H and O–H groups in total. The van der Waals surface area contributed by atoms with Gasteiger partial charge >= 0.3 is 0 Å². The van der Waals surface area contributed by atoms with Crippen LogP contribution in [-0.4, -0.2) is 22.8 Å². The van der Waals surface area contributed by atoms with E-state index in [4.69, 9.17) is 5.11 Å². The van der Waals surface area contributed by atoms with Crippen LogP contribution >= 0.6 is 0 Å². The molecule has 0 unspecified atom stereocenters. The Labute approximate surface area is 100 Å². The lowest BCUT2D eigenvalue weighted by Gasteiger charge is -1.98. The molecule has 0 aliphatic rings. The van der Waals surface area contributed by atoms with Crippen LogP contribution in [0.5, 0.6) is 5.75 Å². The average Bonchev–Trinajstić information content (AvgIpc) is 2.38. The van der Waals surface area contributed by atoms with E-state index in [2.05, 4.69) is 9.98 Å². The zero-order valence-corrected chi connectivity index (χ0v) is 9.45. The van der Waals surface area contributed by atoms with Gasteiger partial charge in [-0.25, -0.2) is 0 Å². The molecule has 3 nitrogen and oxygen atoms in total. The molecular weight excluding hydrogens is 212 g/mol. The third-order valence-corrected chi connectivity index (χ3v) is 2.41. The van der Waals surface area contributed by atoms with Gasteiger partial charge in [0.05, 0.1) is 0 Å². The van der Waals surface area contributed by atoms with Gasteiger partial charge in [-0.1, -0.05) is 12.1 Å². The Hall–Kier alpha value is -2.16. The Morgan fingerprint density at radius 2 is 1.76 bits per heavy atom. The van der Waals surface area contributed by atoms with E-state index in [0.29, 0.717) is 5.75 Å². The highest BCUT2D eigenvalue weighted by atomic mass is 16.3. The molecule has 0 radical (unpaired) electrons. The largest absolute Gasteiger partial charge is 0.508 e. The summed E-state index contributed by atoms with van der Waals surface area (Å²) in [6, 6.07) is 11.1. The highest BCUT2D eigenvalue weighted by molar-refractivity contribution is 5.79. The monoisotopic (exact) mass is 226 g/mol. The van der Waals surface area contributed by atoms with Crippen molar-refractivity contribution in [1.29, 1.82) is 0 Å². The summed E-state index contributed by atoms with van der Waals surface area (Å²) in [5.41, 5.74) is 2.24. The second kappa shape index (κ2) is 5.80. The van der Waals surface area contributed by atoms with Crippen LogP contribution in [-0.2, 0) is 6.42 Å². The number of hydrogen-bond acceptors (Lipinski definition) is 3. The first kappa shape index (κ1) is 11.3. The summed E-state index contributed by atoms with van der Waals surface area (Å²) < 4.78 is 0. The van der Waals surface area contributed by atoms with Crippen molar-refractivity contribution in [3.63, 3.8) is 0 Å². The molecule has 0 bridgehead atoms. The van der Waals surface area contributed by atoms with E-state index in [9.17, 15) is 0 Å². The van der Waals surface area contributed by atoms with Crippen LogP contribution in [0.4, 0.5) is 0 Å². The molecule has 1 aromatic heterocycles. The van der Waals surface area contributed by atoms with E-state index in [1.807, 2.05) is 30.5 Å². The second-order valence-electron chi connectivity index (χ2n) is 3.73. The van der Waals surface area contributed by atoms with Crippen molar-refractivity contribution in [2.45, 2.75) is 6.42 Å². The molecule has 0 fully saturated rings. The number of aliphatic imine (C=N–C) groups is 1. The summed E-state index contributed by atoms with van der Waals surface area (Å²) >= 11 is 0. The molecule has 86 valence electrons. The number of hydrogen-bond donors (Lipinski definition) is 1. The molecule has 1 heterocycles. The van der Waals surface area contributed by atoms with Crippen LogP contribution < -0.4 is 0 Å². The van der Waals surface area contributed by atoms with Gasteiger partial charge in [0.2, 0.25) is 0 Å². The molecule has 0 aliphatic heterocycles. The van der Waals surface area contributed by atoms with Gasteiger partial charge < -0.3 is 5.11 Å². The predicted molar refractivity (Wildman–Crippen MR) is 68.5 cm³/mol. The number of phenolic OH excluding ortho intramolecular Hbond substituents is 1. The molecule has 0 amide bonds. The van der Waals surface area contributed by atoms with Crippen molar-refractivity contribution >= 4 is 6.21 Å². The Morgan fingerprint density at radius 3 is 2.47 bits per heavy atom. The maximum Gasteiger partial charge on any atom is 0.115 e. The molecule has 0 saturated carbocycles. The minimum atomic E-state index is 0.300. The van der Waals surface area contributed by atoms with Gasteiger partial charge in [-0.15, -0.1) is 0 Å². The van der Waals surface area contributed by atoms with E-state index in [0.717, 1.165) is 18.5 Å². The van der Waals surface area contributed by atoms with E-state index in [1.165, 1.54) is 5.56 Å². The highest BCUT2D eigenvalue weighted by Gasteiger charge is 1.92. The van der Waals surface area contributed by atoms with Gasteiger partial charge in [0.15, 0.2) is 0 Å². The number of rotatable bonds is 4. The number of pyridine rings is 1. The van der Waals surface area contributed by atoms with Crippen LogP contribution in [0.25, 0.3) is 0 Å². The molecule has 2 rings (SSSR count). The number of benzene rings is 1. The number of nitrogens with zero attached hydrogens (tertiary/aromatic N) is 2. The van der Waals surface area contributed by atoms with Gasteiger partial charge in [0.25, 0.3) is 0 Å². The normalized spacial score (nSPS) is 10.8. The van der Waals surface area contributed by atoms with Crippen LogP contribution in [0, 0.1) is 0 Å². The lowest BCUT2D eigenvalue weighted by atomic mass is 10.1. The van der Waals surface area contributed by atoms with Gasteiger partial charge in [-0.05, 0) is 41.8 Å². The second-order valence-corrected chi connectivity index (χ2v) is 3.73. The van der Waals surface area contributed by atoms with E-state index in [1.54, 1.807) is 24.5 Å². The summed E-state index contributed by atoms with van der Waals surface area (Å²) in [5.74, 6) is 0.300. The minimum absolute atomic E-state index is 0.300. The Balaban J connectivity index is 1.84. The van der Waals surface area contributed by atoms with E-state index in [-0.39, 0.29) is 0 Å². The minimum Gasteiger partial charge on any atom is -0.508 e. The molecule has 3 heteroatoms. The SMILES string of the molecule is Oc1ccc(CCN=Cc2ccncc2)cc1. The van der Waals surface area contributed by atoms with Crippen molar-refractivity contribution < 1.29 is 5.11 Å². The lowest BCUT2D eigenvalue weighted by molar-refractivity contribution is 0.475. The van der Waals surface area contributed by atoms with Crippen LogP contribution in [0.1, 0.15) is 11.1 Å². The van der Waals surface area contributed by atoms with Crippen molar-refractivity contribution in [2.75, 3.05) is 6.54 Å². The summed E-state index contributed by atoms with van der Waals surface area (Å²) in [7, 11) is 0. The fourth-order valence-electron chi connectivity index (χ4n) is 1.48. The fraction of sp³-hybridized carbons (Fsp3) is 0.143. The van der Waals surface area contributed by atoms with E-state index < -0.39 is 0 Å². The third kappa shape index (κ3) is 3.72. The third-order valence-electron chi connectivity index (χ3n) is 2.41. The molecule has 0 spiro atoms. The number of phenols is 1. The van der Waals surface area contributed by atoms with Crippen LogP contribution in [0.15, 0.2) is 53.8 Å². The highest BCUT2D eigenvalue weighted by Crippen LogP contribution is 2.09. The van der Waals surface area contributed by atoms with Gasteiger partial charge in [-0.3, -0.25) is 9.98 Å². The smallest absolute Gasteiger partial charge is 0.115 e. The quantitative estimate of drug-likeness (QED) is 0.814. The van der Waals surface area contributed by atoms with Gasteiger partial charge in [0, 0.05) is 25.2 Å². The summed E-state index contributed by atoms with van der Waals surface area (Å²) in [6.45, 7) is 0.743. The Kier molecular flexibility index (Phi) is 3.86. The molecular formula is C14H14N2O. The first-order valence-corrected chi connectivity index (χ1v) is 5.52. The molecule has 2 aromatic rings. The Bertz CT molecular complexity index is 477. The standard InChI is InChI=1S/C14H14N2O/c17-14-3-1-12(2-4-14)5-10-16-11-13-6-8-15-9-7-13/h1-4,6-9,11,17H,5,10H2. The predicted octanol–water partition coefficient (Wildman–Crippen LogP) is 2.45. The molecule has 1 aromatic carbocycles. The topological polar surface area (TPSA) is 45.5 Å². The Morgan fingerprint density at radius 1 is 1.06 bits per heavy atom. The van der Waals surface area contributed by atoms with Crippen molar-refractivity contribution in [3.8, 4) is 5.75 Å². The first-order valence-electron chi connectivity index (χ1n) is 5.52. The zero-order chi connectivity index (χ0) is 11.9. The maximum absolute atomic E-state index is 9.14. The number of aromatic hydroxyl groups is 1. The van der Waals surface area contributed by atoms with Gasteiger partial charge in [-0.2, -0.15) is 0 Å². The molecule has 0 saturated heterocycles. The molecule has 0 atom stereocenters. The number of aromatic nitrogens is 1. The summed E-state index contributed by atoms with van der Waals surface area (Å²) in [6.07, 6.45) is 6.23. The first-order chi connectivity index (χ1) is 8.34. The van der Waals surface area contributed by atoms with Crippen LogP contribution in [0.2, 0.25) is 0 Å². The zero-order valence-electron chi connectivity index (χ0n) is 9.45. The maximum atomic E-state index is 9.14. The van der Waals surface area contributed by atoms with Gasteiger partial charge in [0.1, 0.15) is 5.75 Å². The van der Waals surface area contributed by atoms with Crippen molar-refractivity contribution in [3.05, 3.63) is 59.9 Å². The lowest BCUT2D eigenvalue weighted by Crippen LogP contribution is -1.90. The van der Waals surface area contributed by atoms with E-state index >= 15 is 0 Å². The fourth-order valence-corrected chi connectivity index (χ4v) is 1.48. The molecule has 0 aliphatic carbocycles. The summed E-state index contributed by atoms with van der Waals surface area (Å²) in [4.78, 5) is 8.29. The van der Waals surface area contributed by atoms with Crippen molar-refractivity contribution in [2.24, 2.45) is 4.99 Å².